The first-order valence-electron chi connectivity index (χ1n) is 3.55. The first-order chi connectivity index (χ1) is 5.22. The van der Waals surface area contributed by atoms with E-state index in [1.54, 1.807) is 6.33 Å². The maximum atomic E-state index is 8.64. The Morgan fingerprint density at radius 3 is 3.00 bits per heavy atom. The molecule has 0 aromatic carbocycles. The van der Waals surface area contributed by atoms with Crippen LogP contribution >= 0.6 is 0 Å². The highest BCUT2D eigenvalue weighted by Crippen LogP contribution is 1.97. The molecule has 4 heteroatoms. The molecule has 0 saturated carbocycles. The number of aliphatic hydroxyl groups is 1. The van der Waals surface area contributed by atoms with Gasteiger partial charge in [0.2, 0.25) is 0 Å². The molecule has 62 valence electrons. The van der Waals surface area contributed by atoms with Gasteiger partial charge in [-0.25, -0.2) is 4.98 Å². The molecule has 0 fully saturated rings. The highest BCUT2D eigenvalue weighted by atomic mass is 16.3. The Balaban J connectivity index is 2.50. The zero-order chi connectivity index (χ0) is 8.27. The van der Waals surface area contributed by atoms with Gasteiger partial charge >= 0.3 is 0 Å². The van der Waals surface area contributed by atoms with Crippen LogP contribution in [0.3, 0.4) is 0 Å². The van der Waals surface area contributed by atoms with Crippen molar-refractivity contribution in [1.29, 1.82) is 0 Å². The maximum absolute atomic E-state index is 8.64. The van der Waals surface area contributed by atoms with Crippen LogP contribution in [-0.2, 0) is 13.5 Å². The van der Waals surface area contributed by atoms with E-state index in [1.165, 1.54) is 0 Å². The lowest BCUT2D eigenvalue weighted by Gasteiger charge is -2.03. The fourth-order valence-corrected chi connectivity index (χ4v) is 0.906. The van der Waals surface area contributed by atoms with Crippen LogP contribution in [0, 0.1) is 0 Å². The lowest BCUT2D eigenvalue weighted by atomic mass is 10.2. The van der Waals surface area contributed by atoms with Crippen LogP contribution in [0.1, 0.15) is 5.69 Å². The van der Waals surface area contributed by atoms with Gasteiger partial charge in [-0.3, -0.25) is 0 Å². The van der Waals surface area contributed by atoms with Gasteiger partial charge in [0, 0.05) is 25.7 Å². The molecule has 0 amide bonds. The largest absolute Gasteiger partial charge is 0.395 e. The summed E-state index contributed by atoms with van der Waals surface area (Å²) in [5.74, 6) is 0. The minimum absolute atomic E-state index is 0.0105. The number of aliphatic hydroxyl groups excluding tert-OH is 1. The minimum atomic E-state index is -0.190. The summed E-state index contributed by atoms with van der Waals surface area (Å²) in [5, 5.41) is 8.64. The molecule has 1 aromatic rings. The summed E-state index contributed by atoms with van der Waals surface area (Å²) in [6, 6.07) is -0.190. The van der Waals surface area contributed by atoms with Crippen molar-refractivity contribution in [1.82, 2.24) is 9.55 Å². The number of rotatable bonds is 3. The SMILES string of the molecule is Cn1cnc(C[C@H](N)CO)c1. The van der Waals surface area contributed by atoms with Crippen LogP contribution in [0.4, 0.5) is 0 Å². The van der Waals surface area contributed by atoms with Gasteiger partial charge in [-0.15, -0.1) is 0 Å². The molecule has 1 rings (SSSR count). The Labute approximate surface area is 65.7 Å². The van der Waals surface area contributed by atoms with Crippen molar-refractivity contribution >= 4 is 0 Å². The third-order valence-corrected chi connectivity index (χ3v) is 1.46. The smallest absolute Gasteiger partial charge is 0.0946 e. The number of aromatic nitrogens is 2. The lowest BCUT2D eigenvalue weighted by molar-refractivity contribution is 0.264. The van der Waals surface area contributed by atoms with Crippen molar-refractivity contribution in [3.63, 3.8) is 0 Å². The predicted molar refractivity (Wildman–Crippen MR) is 42.0 cm³/mol. The van der Waals surface area contributed by atoms with Crippen LogP contribution < -0.4 is 5.73 Å². The molecular weight excluding hydrogens is 142 g/mol. The van der Waals surface area contributed by atoms with Crippen LogP contribution in [0.15, 0.2) is 12.5 Å². The molecule has 0 aliphatic heterocycles. The molecule has 0 radical (unpaired) electrons. The normalized spacial score (nSPS) is 13.4. The summed E-state index contributed by atoms with van der Waals surface area (Å²) < 4.78 is 1.86. The van der Waals surface area contributed by atoms with Crippen molar-refractivity contribution in [2.24, 2.45) is 12.8 Å². The van der Waals surface area contributed by atoms with E-state index in [2.05, 4.69) is 4.98 Å². The van der Waals surface area contributed by atoms with E-state index in [-0.39, 0.29) is 12.6 Å². The highest BCUT2D eigenvalue weighted by molar-refractivity contribution is 4.98. The molecule has 1 atom stereocenters. The maximum Gasteiger partial charge on any atom is 0.0946 e. The van der Waals surface area contributed by atoms with Gasteiger partial charge in [-0.05, 0) is 0 Å². The van der Waals surface area contributed by atoms with Gasteiger partial charge in [-0.2, -0.15) is 0 Å². The minimum Gasteiger partial charge on any atom is -0.395 e. The van der Waals surface area contributed by atoms with E-state index in [0.29, 0.717) is 6.42 Å². The molecule has 0 unspecified atom stereocenters. The predicted octanol–water partition coefficient (Wildman–Crippen LogP) is -0.718. The fraction of sp³-hybridized carbons (Fsp3) is 0.571. The summed E-state index contributed by atoms with van der Waals surface area (Å²) >= 11 is 0. The molecule has 0 spiro atoms. The van der Waals surface area contributed by atoms with Gasteiger partial charge in [0.15, 0.2) is 0 Å². The molecule has 11 heavy (non-hydrogen) atoms. The van der Waals surface area contributed by atoms with Gasteiger partial charge in [0.1, 0.15) is 0 Å². The Morgan fingerprint density at radius 2 is 2.55 bits per heavy atom. The summed E-state index contributed by atoms with van der Waals surface area (Å²) in [4.78, 5) is 4.08. The molecule has 1 heterocycles. The summed E-state index contributed by atoms with van der Waals surface area (Å²) in [6.45, 7) is 0.0105. The second-order valence-electron chi connectivity index (χ2n) is 2.68. The highest BCUT2D eigenvalue weighted by Gasteiger charge is 2.03. The molecule has 0 saturated heterocycles. The average Bonchev–Trinajstić information content (AvgIpc) is 2.35. The summed E-state index contributed by atoms with van der Waals surface area (Å²) in [6.07, 6.45) is 4.26. The van der Waals surface area contributed by atoms with Crippen molar-refractivity contribution in [3.05, 3.63) is 18.2 Å². The van der Waals surface area contributed by atoms with E-state index < -0.39 is 0 Å². The quantitative estimate of drug-likeness (QED) is 0.605. The lowest BCUT2D eigenvalue weighted by Crippen LogP contribution is -2.26. The van der Waals surface area contributed by atoms with Gasteiger partial charge in [0.25, 0.3) is 0 Å². The number of nitrogens with two attached hydrogens (primary N) is 1. The number of aryl methyl sites for hydroxylation is 1. The molecule has 1 aromatic heterocycles. The van der Waals surface area contributed by atoms with Crippen LogP contribution in [0.5, 0.6) is 0 Å². The second kappa shape index (κ2) is 3.50. The molecule has 3 N–H and O–H groups in total. The molecule has 0 aliphatic carbocycles. The third kappa shape index (κ3) is 2.32. The van der Waals surface area contributed by atoms with E-state index in [0.717, 1.165) is 5.69 Å². The van der Waals surface area contributed by atoms with Crippen molar-refractivity contribution < 1.29 is 5.11 Å². The van der Waals surface area contributed by atoms with E-state index in [1.807, 2.05) is 17.8 Å². The Morgan fingerprint density at radius 1 is 1.82 bits per heavy atom. The van der Waals surface area contributed by atoms with E-state index in [9.17, 15) is 0 Å². The van der Waals surface area contributed by atoms with Crippen molar-refractivity contribution in [3.8, 4) is 0 Å². The molecule has 0 bridgehead atoms. The zero-order valence-electron chi connectivity index (χ0n) is 6.57. The van der Waals surface area contributed by atoms with Crippen LogP contribution in [0.25, 0.3) is 0 Å². The summed E-state index contributed by atoms with van der Waals surface area (Å²) in [7, 11) is 1.90. The topological polar surface area (TPSA) is 64.1 Å². The van der Waals surface area contributed by atoms with Gasteiger partial charge in [0.05, 0.1) is 18.6 Å². The summed E-state index contributed by atoms with van der Waals surface area (Å²) in [5.41, 5.74) is 6.44. The molecule has 4 nitrogen and oxygen atoms in total. The third-order valence-electron chi connectivity index (χ3n) is 1.46. The van der Waals surface area contributed by atoms with Crippen LogP contribution in [-0.4, -0.2) is 27.3 Å². The standard InChI is InChI=1S/C7H13N3O/c1-10-3-7(9-5-10)2-6(8)4-11/h3,5-6,11H,2,4,8H2,1H3/t6-/m0/s1. The van der Waals surface area contributed by atoms with Gasteiger partial charge in [-0.1, -0.05) is 0 Å². The van der Waals surface area contributed by atoms with Crippen molar-refractivity contribution in [2.45, 2.75) is 12.5 Å². The van der Waals surface area contributed by atoms with E-state index >= 15 is 0 Å². The first kappa shape index (κ1) is 8.23. The Hall–Kier alpha value is -0.870. The van der Waals surface area contributed by atoms with Gasteiger partial charge < -0.3 is 15.4 Å². The Bertz CT molecular complexity index is 221. The number of imidazole rings is 1. The number of hydrogen-bond acceptors (Lipinski definition) is 3. The van der Waals surface area contributed by atoms with Crippen molar-refractivity contribution in [2.75, 3.05) is 6.61 Å². The molecular formula is C7H13N3O. The average molecular weight is 155 g/mol. The fourth-order valence-electron chi connectivity index (χ4n) is 0.906. The zero-order valence-corrected chi connectivity index (χ0v) is 6.57. The molecule has 0 aliphatic rings. The Kier molecular flexibility index (Phi) is 2.62. The monoisotopic (exact) mass is 155 g/mol. The van der Waals surface area contributed by atoms with E-state index in [4.69, 9.17) is 10.8 Å². The first-order valence-corrected chi connectivity index (χ1v) is 3.55. The van der Waals surface area contributed by atoms with Crippen LogP contribution in [0.2, 0.25) is 0 Å². The number of hydrogen-bond donors (Lipinski definition) is 2. The second-order valence-corrected chi connectivity index (χ2v) is 2.68. The number of nitrogens with zero attached hydrogens (tertiary/aromatic N) is 2.